The fourth-order valence-corrected chi connectivity index (χ4v) is 0.931. The van der Waals surface area contributed by atoms with Crippen LogP contribution >= 0.6 is 0 Å². The van der Waals surface area contributed by atoms with E-state index in [1.165, 1.54) is 0 Å². The lowest BCUT2D eigenvalue weighted by Gasteiger charge is -2.12. The van der Waals surface area contributed by atoms with Gasteiger partial charge in [-0.1, -0.05) is 0 Å². The first-order valence-corrected chi connectivity index (χ1v) is 4.36. The number of carboxylic acid groups (broad SMARTS) is 1. The third-order valence-electron chi connectivity index (χ3n) is 1.84. The molecule has 5 nitrogen and oxygen atoms in total. The topological polar surface area (TPSA) is 78.4 Å². The minimum atomic E-state index is -1.12. The second-order valence-electron chi connectivity index (χ2n) is 3.19. The number of carboxylic acids is 1. The Kier molecular flexibility index (Phi) is 3.35. The summed E-state index contributed by atoms with van der Waals surface area (Å²) in [7, 11) is 0. The third kappa shape index (κ3) is 3.35. The molecule has 1 aliphatic rings. The largest absolute Gasteiger partial charge is 0.480 e. The maximum absolute atomic E-state index is 11.1. The Morgan fingerprint density at radius 2 is 2.21 bits per heavy atom. The number of carbonyl (C=O) groups is 2. The smallest absolute Gasteiger partial charge is 0.327 e. The lowest BCUT2D eigenvalue weighted by atomic mass is 10.2. The summed E-state index contributed by atoms with van der Waals surface area (Å²) in [5.74, 6) is 1.08. The molecule has 3 N–H and O–H groups in total. The van der Waals surface area contributed by atoms with Crippen LogP contribution in [-0.2, 0) is 4.79 Å². The van der Waals surface area contributed by atoms with Gasteiger partial charge in [-0.2, -0.15) is 0 Å². The molecule has 1 rings (SSSR count). The van der Waals surface area contributed by atoms with E-state index in [9.17, 15) is 9.59 Å². The minimum Gasteiger partial charge on any atom is -0.480 e. The zero-order valence-electron chi connectivity index (χ0n) is 7.62. The molecule has 0 heterocycles. The maximum Gasteiger partial charge on any atom is 0.327 e. The molecule has 0 saturated heterocycles. The predicted molar refractivity (Wildman–Crippen MR) is 49.6 cm³/mol. The van der Waals surface area contributed by atoms with Gasteiger partial charge < -0.3 is 15.7 Å². The lowest BCUT2D eigenvalue weighted by molar-refractivity contribution is -0.139. The van der Waals surface area contributed by atoms with Crippen molar-refractivity contribution in [3.63, 3.8) is 0 Å². The number of hydrogen-bond donors (Lipinski definition) is 3. The molecule has 1 saturated carbocycles. The van der Waals surface area contributed by atoms with Crippen LogP contribution < -0.4 is 10.6 Å². The van der Waals surface area contributed by atoms with E-state index in [4.69, 9.17) is 11.5 Å². The van der Waals surface area contributed by atoms with Crippen LogP contribution in [0.2, 0.25) is 0 Å². The molecule has 0 aliphatic heterocycles. The number of hydrogen-bond acceptors (Lipinski definition) is 2. The number of aliphatic carboxylic acids is 1. The van der Waals surface area contributed by atoms with E-state index in [0.717, 1.165) is 12.8 Å². The summed E-state index contributed by atoms with van der Waals surface area (Å²) in [6.45, 7) is 0. The number of nitrogens with one attached hydrogen (secondary N) is 2. The third-order valence-corrected chi connectivity index (χ3v) is 1.84. The molecule has 0 aromatic heterocycles. The van der Waals surface area contributed by atoms with Gasteiger partial charge in [-0.05, 0) is 12.8 Å². The van der Waals surface area contributed by atoms with Crippen molar-refractivity contribution in [3.8, 4) is 12.3 Å². The van der Waals surface area contributed by atoms with Crippen molar-refractivity contribution >= 4 is 12.0 Å². The van der Waals surface area contributed by atoms with Gasteiger partial charge in [0.05, 0.1) is 0 Å². The van der Waals surface area contributed by atoms with Crippen LogP contribution in [0.3, 0.4) is 0 Å². The van der Waals surface area contributed by atoms with Crippen LogP contribution in [0.25, 0.3) is 0 Å². The summed E-state index contributed by atoms with van der Waals surface area (Å²) < 4.78 is 0. The number of rotatable bonds is 4. The summed E-state index contributed by atoms with van der Waals surface area (Å²) >= 11 is 0. The van der Waals surface area contributed by atoms with Gasteiger partial charge in [0.15, 0.2) is 0 Å². The zero-order valence-corrected chi connectivity index (χ0v) is 7.62. The van der Waals surface area contributed by atoms with Crippen LogP contribution in [0.5, 0.6) is 0 Å². The van der Waals surface area contributed by atoms with Crippen molar-refractivity contribution in [1.29, 1.82) is 0 Å². The molecule has 14 heavy (non-hydrogen) atoms. The SMILES string of the molecule is C#CCC(NC(=O)NC1CC1)C(=O)O. The highest BCUT2D eigenvalue weighted by Crippen LogP contribution is 2.18. The average Bonchev–Trinajstić information content (AvgIpc) is 2.87. The fraction of sp³-hybridized carbons (Fsp3) is 0.556. The summed E-state index contributed by atoms with van der Waals surface area (Å²) in [5, 5.41) is 13.6. The summed E-state index contributed by atoms with van der Waals surface area (Å²) in [4.78, 5) is 21.7. The predicted octanol–water partition coefficient (Wildman–Crippen LogP) is -0.0755. The molecule has 0 bridgehead atoms. The molecule has 1 unspecified atom stereocenters. The van der Waals surface area contributed by atoms with Crippen LogP contribution in [0, 0.1) is 12.3 Å². The van der Waals surface area contributed by atoms with E-state index in [-0.39, 0.29) is 12.5 Å². The Morgan fingerprint density at radius 3 is 2.64 bits per heavy atom. The van der Waals surface area contributed by atoms with Crippen molar-refractivity contribution in [3.05, 3.63) is 0 Å². The normalized spacial score (nSPS) is 16.5. The van der Waals surface area contributed by atoms with Crippen LogP contribution in [0.1, 0.15) is 19.3 Å². The van der Waals surface area contributed by atoms with Gasteiger partial charge in [0.1, 0.15) is 6.04 Å². The first-order chi connectivity index (χ1) is 6.63. The van der Waals surface area contributed by atoms with E-state index >= 15 is 0 Å². The fourth-order valence-electron chi connectivity index (χ4n) is 0.931. The van der Waals surface area contributed by atoms with E-state index in [1.54, 1.807) is 0 Å². The number of urea groups is 1. The van der Waals surface area contributed by atoms with Crippen molar-refractivity contribution in [1.82, 2.24) is 10.6 Å². The van der Waals surface area contributed by atoms with E-state index < -0.39 is 18.0 Å². The first kappa shape index (κ1) is 10.4. The molecular formula is C9H12N2O3. The van der Waals surface area contributed by atoms with E-state index in [1.807, 2.05) is 0 Å². The van der Waals surface area contributed by atoms with E-state index in [0.29, 0.717) is 0 Å². The Balaban J connectivity index is 2.33. The number of carbonyl (C=O) groups excluding carboxylic acids is 1. The van der Waals surface area contributed by atoms with Crippen molar-refractivity contribution in [2.24, 2.45) is 0 Å². The van der Waals surface area contributed by atoms with E-state index in [2.05, 4.69) is 16.6 Å². The molecular weight excluding hydrogens is 184 g/mol. The summed E-state index contributed by atoms with van der Waals surface area (Å²) in [5.41, 5.74) is 0. The molecule has 0 spiro atoms. The monoisotopic (exact) mass is 196 g/mol. The van der Waals surface area contributed by atoms with Gasteiger partial charge in [0, 0.05) is 12.5 Å². The van der Waals surface area contributed by atoms with Crippen LogP contribution in [-0.4, -0.2) is 29.2 Å². The molecule has 0 aromatic rings. The number of terminal acetylenes is 1. The minimum absolute atomic E-state index is 0.00653. The highest BCUT2D eigenvalue weighted by molar-refractivity contribution is 5.83. The Labute approximate surface area is 81.9 Å². The molecule has 1 atom stereocenters. The maximum atomic E-state index is 11.1. The van der Waals surface area contributed by atoms with Crippen molar-refractivity contribution in [2.45, 2.75) is 31.3 Å². The molecule has 5 heteroatoms. The second-order valence-corrected chi connectivity index (χ2v) is 3.19. The Bertz CT molecular complexity index is 278. The standard InChI is InChI=1S/C9H12N2O3/c1-2-3-7(8(12)13)11-9(14)10-6-4-5-6/h1,6-7H,3-5H2,(H,12,13)(H2,10,11,14). The van der Waals surface area contributed by atoms with Crippen molar-refractivity contribution < 1.29 is 14.7 Å². The van der Waals surface area contributed by atoms with Crippen molar-refractivity contribution in [2.75, 3.05) is 0 Å². The summed E-state index contributed by atoms with van der Waals surface area (Å²) in [6.07, 6.45) is 6.88. The average molecular weight is 196 g/mol. The van der Waals surface area contributed by atoms with Gasteiger partial charge in [0.2, 0.25) is 0 Å². The van der Waals surface area contributed by atoms with Gasteiger partial charge in [-0.25, -0.2) is 9.59 Å². The van der Waals surface area contributed by atoms with Gasteiger partial charge >= 0.3 is 12.0 Å². The zero-order chi connectivity index (χ0) is 10.6. The highest BCUT2D eigenvalue weighted by Gasteiger charge is 2.25. The molecule has 1 fully saturated rings. The summed E-state index contributed by atoms with van der Waals surface area (Å²) in [6, 6.07) is -1.26. The first-order valence-electron chi connectivity index (χ1n) is 4.36. The molecule has 2 amide bonds. The molecule has 0 radical (unpaired) electrons. The molecule has 0 aromatic carbocycles. The Morgan fingerprint density at radius 1 is 1.57 bits per heavy atom. The highest BCUT2D eigenvalue weighted by atomic mass is 16.4. The molecule has 1 aliphatic carbocycles. The lowest BCUT2D eigenvalue weighted by Crippen LogP contribution is -2.46. The van der Waals surface area contributed by atoms with Crippen LogP contribution in [0.15, 0.2) is 0 Å². The quantitative estimate of drug-likeness (QED) is 0.550. The van der Waals surface area contributed by atoms with Gasteiger partial charge in [-0.15, -0.1) is 12.3 Å². The Hall–Kier alpha value is -1.70. The van der Waals surface area contributed by atoms with Gasteiger partial charge in [-0.3, -0.25) is 0 Å². The second kappa shape index (κ2) is 4.51. The number of amides is 2. The van der Waals surface area contributed by atoms with Gasteiger partial charge in [0.25, 0.3) is 0 Å². The van der Waals surface area contributed by atoms with Crippen LogP contribution in [0.4, 0.5) is 4.79 Å². The molecule has 76 valence electrons.